The highest BCUT2D eigenvalue weighted by Gasteiger charge is 2.33. The Hall–Kier alpha value is -4.05. The quantitative estimate of drug-likeness (QED) is 0.422. The molecule has 3 atom stereocenters. The van der Waals surface area contributed by atoms with Crippen molar-refractivity contribution in [3.63, 3.8) is 0 Å². The summed E-state index contributed by atoms with van der Waals surface area (Å²) >= 11 is 0. The van der Waals surface area contributed by atoms with Gasteiger partial charge >= 0.3 is 0 Å². The standard InChI is InChI=1S/C29H32FN7O2/c1-19-16-34(17-20(2)36(19)29(39)18-38)27-10-4-8-23(32-27)25-15-31-26-11-12-28(33-37(25)26)35-13-5-9-24(35)21-6-3-7-22(30)14-21/h3-4,6-8,10-12,14-15,19-20,24,38H,5,9,13,16-18H2,1-2H3/t19-,20+,24-/m1/s1. The van der Waals surface area contributed by atoms with Crippen molar-refractivity contribution in [2.24, 2.45) is 0 Å². The first-order valence-corrected chi connectivity index (χ1v) is 13.4. The molecule has 1 amide bonds. The Balaban J connectivity index is 1.30. The Kier molecular flexibility index (Phi) is 6.64. The molecule has 10 heteroatoms. The lowest BCUT2D eigenvalue weighted by Gasteiger charge is -2.44. The molecule has 0 aliphatic carbocycles. The first kappa shape index (κ1) is 25.2. The van der Waals surface area contributed by atoms with Crippen LogP contribution < -0.4 is 9.80 Å². The zero-order valence-electron chi connectivity index (χ0n) is 22.1. The molecular formula is C29H32FN7O2. The van der Waals surface area contributed by atoms with Gasteiger partial charge in [-0.15, -0.1) is 5.10 Å². The fraction of sp³-hybridized carbons (Fsp3) is 0.379. The molecule has 3 aromatic heterocycles. The number of rotatable bonds is 5. The highest BCUT2D eigenvalue weighted by atomic mass is 19.1. The van der Waals surface area contributed by atoms with E-state index in [0.29, 0.717) is 13.1 Å². The highest BCUT2D eigenvalue weighted by molar-refractivity contribution is 5.78. The normalized spacial score (nSPS) is 21.6. The lowest BCUT2D eigenvalue weighted by molar-refractivity contribution is -0.139. The van der Waals surface area contributed by atoms with E-state index in [1.165, 1.54) is 6.07 Å². The molecule has 5 heterocycles. The average molecular weight is 530 g/mol. The van der Waals surface area contributed by atoms with Gasteiger partial charge in [-0.25, -0.2) is 18.9 Å². The number of anilines is 2. The molecule has 2 aliphatic heterocycles. The van der Waals surface area contributed by atoms with Gasteiger partial charge < -0.3 is 19.8 Å². The van der Waals surface area contributed by atoms with Crippen LogP contribution in [0.2, 0.25) is 0 Å². The molecule has 9 nitrogen and oxygen atoms in total. The predicted molar refractivity (Wildman–Crippen MR) is 147 cm³/mol. The summed E-state index contributed by atoms with van der Waals surface area (Å²) in [7, 11) is 0. The van der Waals surface area contributed by atoms with Crippen molar-refractivity contribution >= 4 is 23.2 Å². The molecule has 0 radical (unpaired) electrons. The summed E-state index contributed by atoms with van der Waals surface area (Å²) in [5.41, 5.74) is 3.21. The lowest BCUT2D eigenvalue weighted by Crippen LogP contribution is -2.59. The number of hydrogen-bond donors (Lipinski definition) is 1. The summed E-state index contributed by atoms with van der Waals surface area (Å²) in [6.07, 6.45) is 3.74. The molecule has 1 N–H and O–H groups in total. The van der Waals surface area contributed by atoms with Gasteiger partial charge in [0.25, 0.3) is 0 Å². The van der Waals surface area contributed by atoms with Gasteiger partial charge in [0, 0.05) is 31.7 Å². The molecule has 2 fully saturated rings. The Morgan fingerprint density at radius 2 is 1.85 bits per heavy atom. The van der Waals surface area contributed by atoms with E-state index >= 15 is 0 Å². The predicted octanol–water partition coefficient (Wildman–Crippen LogP) is 3.69. The van der Waals surface area contributed by atoms with Gasteiger partial charge in [-0.1, -0.05) is 18.2 Å². The monoisotopic (exact) mass is 529 g/mol. The molecule has 0 spiro atoms. The van der Waals surface area contributed by atoms with Crippen LogP contribution in [0.15, 0.2) is 60.8 Å². The number of aromatic nitrogens is 4. The number of pyridine rings is 1. The van der Waals surface area contributed by atoms with E-state index in [1.807, 2.05) is 54.8 Å². The van der Waals surface area contributed by atoms with E-state index in [-0.39, 0.29) is 29.8 Å². The molecular weight excluding hydrogens is 497 g/mol. The summed E-state index contributed by atoms with van der Waals surface area (Å²) in [4.78, 5) is 27.9. The summed E-state index contributed by atoms with van der Waals surface area (Å²) < 4.78 is 15.8. The molecule has 2 saturated heterocycles. The van der Waals surface area contributed by atoms with Gasteiger partial charge in [0.05, 0.1) is 17.9 Å². The Labute approximate surface area is 226 Å². The van der Waals surface area contributed by atoms with E-state index in [1.54, 1.807) is 23.2 Å². The van der Waals surface area contributed by atoms with Gasteiger partial charge in [-0.05, 0) is 68.7 Å². The van der Waals surface area contributed by atoms with Crippen molar-refractivity contribution in [1.29, 1.82) is 0 Å². The number of imidazole rings is 1. The number of carbonyl (C=O) groups excluding carboxylic acids is 1. The third kappa shape index (κ3) is 4.69. The smallest absolute Gasteiger partial charge is 0.248 e. The Morgan fingerprint density at radius 3 is 2.62 bits per heavy atom. The van der Waals surface area contributed by atoms with Gasteiger partial charge in [-0.3, -0.25) is 4.79 Å². The molecule has 0 saturated carbocycles. The highest BCUT2D eigenvalue weighted by Crippen LogP contribution is 2.36. The van der Waals surface area contributed by atoms with Crippen LogP contribution in [0.25, 0.3) is 17.0 Å². The SMILES string of the molecule is C[C@@H]1CN(c2cccc(-c3cnc4ccc(N5CCC[C@@H]5c5cccc(F)c5)nn34)n2)C[C@H](C)N1C(=O)CO. The minimum absolute atomic E-state index is 0.0506. The maximum atomic E-state index is 14.0. The number of hydrogen-bond acceptors (Lipinski definition) is 7. The number of nitrogens with zero attached hydrogens (tertiary/aromatic N) is 7. The Morgan fingerprint density at radius 1 is 1.05 bits per heavy atom. The van der Waals surface area contributed by atoms with Crippen LogP contribution in [0.1, 0.15) is 38.3 Å². The number of fused-ring (bicyclic) bond motifs is 1. The minimum atomic E-state index is -0.480. The number of piperazine rings is 1. The Bertz CT molecular complexity index is 1500. The average Bonchev–Trinajstić information content (AvgIpc) is 3.60. The first-order valence-electron chi connectivity index (χ1n) is 13.4. The maximum absolute atomic E-state index is 14.0. The molecule has 2 aliphatic rings. The third-order valence-corrected chi connectivity index (χ3v) is 7.79. The largest absolute Gasteiger partial charge is 0.387 e. The fourth-order valence-corrected chi connectivity index (χ4v) is 6.12. The van der Waals surface area contributed by atoms with Crippen LogP contribution in [0.3, 0.4) is 0 Å². The summed E-state index contributed by atoms with van der Waals surface area (Å²) in [6, 6.07) is 16.6. The third-order valence-electron chi connectivity index (χ3n) is 7.79. The van der Waals surface area contributed by atoms with Crippen molar-refractivity contribution in [3.8, 4) is 11.4 Å². The van der Waals surface area contributed by atoms with Crippen LogP contribution in [0.4, 0.5) is 16.0 Å². The zero-order valence-corrected chi connectivity index (χ0v) is 22.1. The number of aliphatic hydroxyl groups is 1. The van der Waals surface area contributed by atoms with Gasteiger partial charge in [-0.2, -0.15) is 0 Å². The van der Waals surface area contributed by atoms with Crippen molar-refractivity contribution in [2.45, 2.75) is 44.8 Å². The van der Waals surface area contributed by atoms with Crippen LogP contribution in [-0.4, -0.2) is 73.8 Å². The second-order valence-corrected chi connectivity index (χ2v) is 10.5. The number of amides is 1. The summed E-state index contributed by atoms with van der Waals surface area (Å²) in [5, 5.41) is 14.3. The van der Waals surface area contributed by atoms with E-state index in [9.17, 15) is 14.3 Å². The van der Waals surface area contributed by atoms with E-state index in [2.05, 4.69) is 14.8 Å². The molecule has 0 bridgehead atoms. The summed E-state index contributed by atoms with van der Waals surface area (Å²) in [5.74, 6) is 1.16. The molecule has 39 heavy (non-hydrogen) atoms. The van der Waals surface area contributed by atoms with Crippen LogP contribution in [-0.2, 0) is 4.79 Å². The number of halogens is 1. The fourth-order valence-electron chi connectivity index (χ4n) is 6.12. The second-order valence-electron chi connectivity index (χ2n) is 10.5. The number of carbonyl (C=O) groups is 1. The van der Waals surface area contributed by atoms with Gasteiger partial charge in [0.15, 0.2) is 5.65 Å². The molecule has 6 rings (SSSR count). The summed E-state index contributed by atoms with van der Waals surface area (Å²) in [6.45, 7) is 5.60. The maximum Gasteiger partial charge on any atom is 0.248 e. The van der Waals surface area contributed by atoms with Gasteiger partial charge in [0.2, 0.25) is 5.91 Å². The lowest BCUT2D eigenvalue weighted by atomic mass is 10.0. The van der Waals surface area contributed by atoms with Gasteiger partial charge in [0.1, 0.15) is 29.8 Å². The van der Waals surface area contributed by atoms with Crippen LogP contribution in [0.5, 0.6) is 0 Å². The first-order chi connectivity index (χ1) is 18.9. The second kappa shape index (κ2) is 10.3. The van der Waals surface area contributed by atoms with E-state index < -0.39 is 6.61 Å². The number of benzene rings is 1. The van der Waals surface area contributed by atoms with Crippen molar-refractivity contribution in [1.82, 2.24) is 24.5 Å². The van der Waals surface area contributed by atoms with Crippen molar-refractivity contribution in [2.75, 3.05) is 36.0 Å². The molecule has 4 aromatic rings. The number of aliphatic hydroxyl groups excluding tert-OH is 1. The van der Waals surface area contributed by atoms with Crippen LogP contribution >= 0.6 is 0 Å². The van der Waals surface area contributed by atoms with Crippen molar-refractivity contribution < 1.29 is 14.3 Å². The zero-order chi connectivity index (χ0) is 27.1. The van der Waals surface area contributed by atoms with E-state index in [4.69, 9.17) is 10.1 Å². The minimum Gasteiger partial charge on any atom is -0.387 e. The van der Waals surface area contributed by atoms with Crippen molar-refractivity contribution in [3.05, 3.63) is 72.2 Å². The molecule has 0 unspecified atom stereocenters. The van der Waals surface area contributed by atoms with Crippen LogP contribution in [0, 0.1) is 5.82 Å². The molecule has 1 aromatic carbocycles. The topological polar surface area (TPSA) is 90.1 Å². The van der Waals surface area contributed by atoms with E-state index in [0.717, 1.165) is 53.6 Å². The molecule has 202 valence electrons.